The maximum atomic E-state index is 14.1. The highest BCUT2D eigenvalue weighted by atomic mass is 32.2. The predicted octanol–water partition coefficient (Wildman–Crippen LogP) is 5.83. The first kappa shape index (κ1) is 24.5. The van der Waals surface area contributed by atoms with Gasteiger partial charge in [-0.15, -0.1) is 0 Å². The molecule has 5 nitrogen and oxygen atoms in total. The van der Waals surface area contributed by atoms with Crippen molar-refractivity contribution in [2.24, 2.45) is 5.92 Å². The van der Waals surface area contributed by atoms with Gasteiger partial charge in [-0.1, -0.05) is 32.1 Å². The van der Waals surface area contributed by atoms with Crippen molar-refractivity contribution in [2.75, 3.05) is 38.1 Å². The van der Waals surface area contributed by atoms with Gasteiger partial charge >= 0.3 is 5.97 Å². The molecule has 2 atom stereocenters. The minimum atomic E-state index is -2.83. The summed E-state index contributed by atoms with van der Waals surface area (Å²) in [5.41, 5.74) is 1.45. The average Bonchev–Trinajstić information content (AvgIpc) is 3.41. The molecule has 2 aromatic carbocycles. The van der Waals surface area contributed by atoms with Crippen LogP contribution in [0, 0.1) is 11.7 Å². The first-order chi connectivity index (χ1) is 16.3. The second-order valence-corrected chi connectivity index (χ2v) is 9.09. The first-order valence-electron chi connectivity index (χ1n) is 11.2. The standard InChI is InChI=1S/C25H27F3N2O3S/c1-4-30(5-2)12-6-7-15-13-16(26)8-11-20(15)34-29-19-10-9-17-22-18(25(22,27)28)14-33-23(17)21(19)24(31)32-3/h6-11,13,18,22,29H,4-5,12,14H2,1-3H3/b7-6-. The molecule has 34 heavy (non-hydrogen) atoms. The highest BCUT2D eigenvalue weighted by molar-refractivity contribution is 8.00. The van der Waals surface area contributed by atoms with Crippen LogP contribution in [0.3, 0.4) is 0 Å². The van der Waals surface area contributed by atoms with Gasteiger partial charge < -0.3 is 19.1 Å². The number of benzene rings is 2. The highest BCUT2D eigenvalue weighted by Gasteiger charge is 2.71. The van der Waals surface area contributed by atoms with Crippen LogP contribution in [0.5, 0.6) is 5.75 Å². The van der Waals surface area contributed by atoms with E-state index >= 15 is 0 Å². The van der Waals surface area contributed by atoms with Gasteiger partial charge in [0.15, 0.2) is 0 Å². The number of hydrogen-bond donors (Lipinski definition) is 1. The summed E-state index contributed by atoms with van der Waals surface area (Å²) in [6.45, 7) is 6.58. The Morgan fingerprint density at radius 1 is 1.29 bits per heavy atom. The lowest BCUT2D eigenvalue weighted by Gasteiger charge is -2.21. The maximum Gasteiger partial charge on any atom is 0.343 e. The number of halogens is 3. The second-order valence-electron chi connectivity index (χ2n) is 8.24. The van der Waals surface area contributed by atoms with Crippen LogP contribution in [-0.4, -0.2) is 50.1 Å². The Kier molecular flexibility index (Phi) is 7.14. The molecule has 9 heteroatoms. The number of likely N-dealkylation sites (N-methyl/N-ethyl adjacent to an activating group) is 1. The molecule has 2 aromatic rings. The number of esters is 1. The van der Waals surface area contributed by atoms with E-state index in [1.54, 1.807) is 18.2 Å². The number of carbonyl (C=O) groups excluding carboxylic acids is 1. The Bertz CT molecular complexity index is 1110. The van der Waals surface area contributed by atoms with Crippen molar-refractivity contribution < 1.29 is 27.4 Å². The fourth-order valence-electron chi connectivity index (χ4n) is 4.25. The Labute approximate surface area is 201 Å². The third-order valence-corrected chi connectivity index (χ3v) is 7.23. The van der Waals surface area contributed by atoms with Crippen molar-refractivity contribution in [3.8, 4) is 5.75 Å². The quantitative estimate of drug-likeness (QED) is 0.351. The lowest BCUT2D eigenvalue weighted by Crippen LogP contribution is -2.22. The van der Waals surface area contributed by atoms with Crippen LogP contribution in [0.1, 0.15) is 41.3 Å². The smallest absolute Gasteiger partial charge is 0.343 e. The number of nitrogens with one attached hydrogen (secondary N) is 1. The number of alkyl halides is 2. The zero-order valence-corrected chi connectivity index (χ0v) is 20.1. The van der Waals surface area contributed by atoms with Crippen molar-refractivity contribution in [3.05, 3.63) is 58.9 Å². The molecule has 182 valence electrons. The number of hydrogen-bond acceptors (Lipinski definition) is 6. The first-order valence-corrected chi connectivity index (χ1v) is 12.0. The highest BCUT2D eigenvalue weighted by Crippen LogP contribution is 2.65. The van der Waals surface area contributed by atoms with E-state index < -0.39 is 23.7 Å². The van der Waals surface area contributed by atoms with Gasteiger partial charge in [-0.2, -0.15) is 0 Å². The Morgan fingerprint density at radius 3 is 2.76 bits per heavy atom. The van der Waals surface area contributed by atoms with E-state index in [-0.39, 0.29) is 23.7 Å². The third kappa shape index (κ3) is 4.63. The Hall–Kier alpha value is -2.65. The summed E-state index contributed by atoms with van der Waals surface area (Å²) >= 11 is 1.19. The molecule has 1 fully saturated rings. The lowest BCUT2D eigenvalue weighted by molar-refractivity contribution is 0.0595. The molecule has 1 N–H and O–H groups in total. The van der Waals surface area contributed by atoms with Gasteiger partial charge in [0, 0.05) is 17.0 Å². The molecule has 1 heterocycles. The fraction of sp³-hybridized carbons (Fsp3) is 0.400. The monoisotopic (exact) mass is 492 g/mol. The molecule has 0 saturated heterocycles. The van der Waals surface area contributed by atoms with Gasteiger partial charge in [0.2, 0.25) is 0 Å². The number of nitrogens with zero attached hydrogens (tertiary/aromatic N) is 1. The molecular weight excluding hydrogens is 465 g/mol. The molecule has 2 unspecified atom stereocenters. The second kappa shape index (κ2) is 9.92. The van der Waals surface area contributed by atoms with Crippen LogP contribution in [-0.2, 0) is 4.74 Å². The number of methoxy groups -OCH3 is 1. The van der Waals surface area contributed by atoms with Gasteiger partial charge in [0.05, 0.1) is 31.2 Å². The van der Waals surface area contributed by atoms with E-state index in [1.165, 1.54) is 31.2 Å². The summed E-state index contributed by atoms with van der Waals surface area (Å²) in [6.07, 6.45) is 3.84. The molecule has 0 spiro atoms. The van der Waals surface area contributed by atoms with Gasteiger partial charge in [0.25, 0.3) is 5.92 Å². The fourth-order valence-corrected chi connectivity index (χ4v) is 5.02. The molecule has 1 aliphatic carbocycles. The van der Waals surface area contributed by atoms with Gasteiger partial charge in [-0.25, -0.2) is 18.0 Å². The molecular formula is C25H27F3N2O3S. The van der Waals surface area contributed by atoms with Crippen LogP contribution in [0.25, 0.3) is 6.08 Å². The van der Waals surface area contributed by atoms with E-state index in [2.05, 4.69) is 23.5 Å². The molecule has 0 radical (unpaired) electrons. The number of ether oxygens (including phenoxy) is 2. The number of carbonyl (C=O) groups is 1. The predicted molar refractivity (Wildman–Crippen MR) is 127 cm³/mol. The summed E-state index contributed by atoms with van der Waals surface area (Å²) in [4.78, 5) is 15.5. The zero-order valence-electron chi connectivity index (χ0n) is 19.2. The van der Waals surface area contributed by atoms with E-state index in [1.807, 2.05) is 12.2 Å². The molecule has 0 aromatic heterocycles. The Balaban J connectivity index is 1.59. The topological polar surface area (TPSA) is 50.8 Å². The molecule has 1 saturated carbocycles. The van der Waals surface area contributed by atoms with Gasteiger partial charge in [-0.05, 0) is 54.9 Å². The Morgan fingerprint density at radius 2 is 2.06 bits per heavy atom. The number of anilines is 1. The van der Waals surface area contributed by atoms with Crippen molar-refractivity contribution in [3.63, 3.8) is 0 Å². The molecule has 2 aliphatic rings. The van der Waals surface area contributed by atoms with Gasteiger partial charge in [0.1, 0.15) is 17.1 Å². The third-order valence-electron chi connectivity index (χ3n) is 6.32. The maximum absolute atomic E-state index is 14.1. The van der Waals surface area contributed by atoms with E-state index in [9.17, 15) is 18.0 Å². The van der Waals surface area contributed by atoms with E-state index in [0.717, 1.165) is 24.5 Å². The van der Waals surface area contributed by atoms with Crippen molar-refractivity contribution in [1.82, 2.24) is 4.90 Å². The summed E-state index contributed by atoms with van der Waals surface area (Å²) in [5, 5.41) is 0. The van der Waals surface area contributed by atoms with Crippen molar-refractivity contribution in [1.29, 1.82) is 0 Å². The van der Waals surface area contributed by atoms with Crippen LogP contribution in [0.4, 0.5) is 18.9 Å². The zero-order chi connectivity index (χ0) is 24.5. The van der Waals surface area contributed by atoms with E-state index in [4.69, 9.17) is 9.47 Å². The van der Waals surface area contributed by atoms with Crippen molar-refractivity contribution in [2.45, 2.75) is 30.6 Å². The summed E-state index contributed by atoms with van der Waals surface area (Å²) in [5.74, 6) is -5.54. The minimum absolute atomic E-state index is 0.0781. The van der Waals surface area contributed by atoms with Crippen LogP contribution < -0.4 is 9.46 Å². The van der Waals surface area contributed by atoms with Crippen molar-refractivity contribution >= 4 is 29.7 Å². The largest absolute Gasteiger partial charge is 0.492 e. The number of fused-ring (bicyclic) bond motifs is 3. The minimum Gasteiger partial charge on any atom is -0.492 e. The molecule has 1 aliphatic heterocycles. The molecule has 0 amide bonds. The summed E-state index contributed by atoms with van der Waals surface area (Å²) < 4.78 is 55.7. The summed E-state index contributed by atoms with van der Waals surface area (Å²) in [6, 6.07) is 7.59. The average molecular weight is 493 g/mol. The summed E-state index contributed by atoms with van der Waals surface area (Å²) in [7, 11) is 1.23. The van der Waals surface area contributed by atoms with Gasteiger partial charge in [-0.3, -0.25) is 0 Å². The normalized spacial score (nSPS) is 20.0. The SMILES string of the molecule is CCN(CC)C/C=C\c1cc(F)ccc1SNc1ccc2c(c1C(=O)OC)OCC1C2C1(F)F. The molecule has 4 rings (SSSR count). The van der Waals surface area contributed by atoms with Crippen LogP contribution in [0.15, 0.2) is 41.3 Å². The van der Waals surface area contributed by atoms with E-state index in [0.29, 0.717) is 16.8 Å². The lowest BCUT2D eigenvalue weighted by atomic mass is 10.0. The van der Waals surface area contributed by atoms with Crippen LogP contribution >= 0.6 is 11.9 Å². The van der Waals surface area contributed by atoms with Crippen LogP contribution in [0.2, 0.25) is 0 Å². The number of rotatable bonds is 9. The molecule has 0 bridgehead atoms.